The molecule has 0 fully saturated rings. The molecule has 24 heavy (non-hydrogen) atoms. The summed E-state index contributed by atoms with van der Waals surface area (Å²) >= 11 is 0. The number of carbonyl (C=O) groups excluding carboxylic acids is 1. The van der Waals surface area contributed by atoms with Gasteiger partial charge in [-0.05, 0) is 35.7 Å². The maximum Gasteiger partial charge on any atom is 0.312 e. The number of benzene rings is 3. The summed E-state index contributed by atoms with van der Waals surface area (Å²) in [6.45, 7) is 1.98. The van der Waals surface area contributed by atoms with Crippen LogP contribution in [0.3, 0.4) is 0 Å². The van der Waals surface area contributed by atoms with Crippen molar-refractivity contribution in [3.05, 3.63) is 102 Å². The molecule has 3 rings (SSSR count). The summed E-state index contributed by atoms with van der Waals surface area (Å²) < 4.78 is 5.53. The number of carbonyl (C=O) groups is 1. The van der Waals surface area contributed by atoms with E-state index in [2.05, 4.69) is 24.3 Å². The molecule has 0 aliphatic rings. The van der Waals surface area contributed by atoms with Crippen LogP contribution in [0, 0.1) is 6.92 Å². The molecule has 0 spiro atoms. The van der Waals surface area contributed by atoms with Crippen LogP contribution in [-0.4, -0.2) is 5.97 Å². The minimum absolute atomic E-state index is 0.00953. The van der Waals surface area contributed by atoms with Crippen molar-refractivity contribution in [2.45, 2.75) is 19.3 Å². The van der Waals surface area contributed by atoms with Crippen molar-refractivity contribution < 1.29 is 9.53 Å². The predicted molar refractivity (Wildman–Crippen MR) is 96.2 cm³/mol. The highest BCUT2D eigenvalue weighted by Crippen LogP contribution is 2.28. The first-order valence-electron chi connectivity index (χ1n) is 8.09. The summed E-state index contributed by atoms with van der Waals surface area (Å²) in [4.78, 5) is 12.5. The van der Waals surface area contributed by atoms with Crippen molar-refractivity contribution >= 4 is 5.97 Å². The maximum atomic E-state index is 12.5. The summed E-state index contributed by atoms with van der Waals surface area (Å²) in [5.74, 6) is 0.364. The Morgan fingerprint density at radius 3 is 1.96 bits per heavy atom. The van der Waals surface area contributed by atoms with Gasteiger partial charge in [0.1, 0.15) is 5.75 Å². The van der Waals surface area contributed by atoms with Crippen LogP contribution < -0.4 is 4.74 Å². The number of ether oxygens (including phenoxy) is 1. The summed E-state index contributed by atoms with van der Waals surface area (Å²) in [7, 11) is 0. The second kappa shape index (κ2) is 7.60. The fraction of sp³-hybridized carbons (Fsp3) is 0.136. The minimum Gasteiger partial charge on any atom is -0.426 e. The zero-order valence-electron chi connectivity index (χ0n) is 13.7. The van der Waals surface area contributed by atoms with Gasteiger partial charge in [0.05, 0.1) is 6.42 Å². The summed E-state index contributed by atoms with van der Waals surface area (Å²) in [6, 6.07) is 27.7. The van der Waals surface area contributed by atoms with Crippen LogP contribution in [0.4, 0.5) is 0 Å². The summed E-state index contributed by atoms with van der Waals surface area (Å²) in [5.41, 5.74) is 3.30. The number of hydrogen-bond acceptors (Lipinski definition) is 2. The molecule has 0 saturated carbocycles. The standard InChI is InChI=1S/C22H20O2/c1-17-9-8-14-20(15-17)24-22(23)16-21(18-10-4-2-5-11-18)19-12-6-3-7-13-19/h2-15,21H,16H2,1H3. The summed E-state index contributed by atoms with van der Waals surface area (Å²) in [6.07, 6.45) is 0.308. The largest absolute Gasteiger partial charge is 0.426 e. The lowest BCUT2D eigenvalue weighted by molar-refractivity contribution is -0.134. The van der Waals surface area contributed by atoms with Gasteiger partial charge in [-0.1, -0.05) is 72.8 Å². The molecule has 0 radical (unpaired) electrons. The van der Waals surface area contributed by atoms with E-state index in [4.69, 9.17) is 4.74 Å². The molecule has 2 heteroatoms. The van der Waals surface area contributed by atoms with Gasteiger partial charge >= 0.3 is 5.97 Å². The Labute approximate surface area is 142 Å². The average Bonchev–Trinajstić information content (AvgIpc) is 2.61. The molecule has 0 aliphatic heterocycles. The molecule has 0 aliphatic carbocycles. The van der Waals surface area contributed by atoms with E-state index in [0.717, 1.165) is 16.7 Å². The topological polar surface area (TPSA) is 26.3 Å². The van der Waals surface area contributed by atoms with Crippen molar-refractivity contribution in [2.24, 2.45) is 0 Å². The van der Waals surface area contributed by atoms with Gasteiger partial charge < -0.3 is 4.74 Å². The Morgan fingerprint density at radius 2 is 1.42 bits per heavy atom. The highest BCUT2D eigenvalue weighted by atomic mass is 16.5. The third-order valence-electron chi connectivity index (χ3n) is 4.00. The lowest BCUT2D eigenvalue weighted by Gasteiger charge is -2.17. The van der Waals surface area contributed by atoms with Gasteiger partial charge in [-0.15, -0.1) is 0 Å². The first kappa shape index (κ1) is 16.0. The highest BCUT2D eigenvalue weighted by Gasteiger charge is 2.19. The monoisotopic (exact) mass is 316 g/mol. The van der Waals surface area contributed by atoms with Gasteiger partial charge in [0.15, 0.2) is 0 Å². The van der Waals surface area contributed by atoms with E-state index in [1.54, 1.807) is 0 Å². The Morgan fingerprint density at radius 1 is 0.833 bits per heavy atom. The fourth-order valence-electron chi connectivity index (χ4n) is 2.82. The van der Waals surface area contributed by atoms with Crippen LogP contribution in [0.1, 0.15) is 29.0 Å². The second-order valence-corrected chi connectivity index (χ2v) is 5.87. The van der Waals surface area contributed by atoms with Crippen molar-refractivity contribution in [1.82, 2.24) is 0 Å². The molecule has 0 atom stereocenters. The number of hydrogen-bond donors (Lipinski definition) is 0. The predicted octanol–water partition coefficient (Wildman–Crippen LogP) is 5.12. The van der Waals surface area contributed by atoms with Crippen LogP contribution in [0.15, 0.2) is 84.9 Å². The Kier molecular flexibility index (Phi) is 5.07. The Balaban J connectivity index is 1.80. The molecule has 0 saturated heterocycles. The van der Waals surface area contributed by atoms with E-state index in [-0.39, 0.29) is 11.9 Å². The fourth-order valence-corrected chi connectivity index (χ4v) is 2.82. The van der Waals surface area contributed by atoms with E-state index in [1.165, 1.54) is 0 Å². The van der Waals surface area contributed by atoms with E-state index < -0.39 is 0 Å². The zero-order valence-corrected chi connectivity index (χ0v) is 13.7. The zero-order chi connectivity index (χ0) is 16.8. The van der Waals surface area contributed by atoms with E-state index in [1.807, 2.05) is 67.6 Å². The maximum absolute atomic E-state index is 12.5. The molecule has 0 unspecified atom stereocenters. The molecule has 0 heterocycles. The SMILES string of the molecule is Cc1cccc(OC(=O)CC(c2ccccc2)c2ccccc2)c1. The smallest absolute Gasteiger partial charge is 0.312 e. The van der Waals surface area contributed by atoms with Crippen molar-refractivity contribution in [1.29, 1.82) is 0 Å². The van der Waals surface area contributed by atoms with Gasteiger partial charge in [0.2, 0.25) is 0 Å². The van der Waals surface area contributed by atoms with Gasteiger partial charge in [0, 0.05) is 5.92 Å². The first-order chi connectivity index (χ1) is 11.7. The van der Waals surface area contributed by atoms with Crippen LogP contribution in [0.25, 0.3) is 0 Å². The highest BCUT2D eigenvalue weighted by molar-refractivity contribution is 5.74. The molecule has 0 N–H and O–H groups in total. The van der Waals surface area contributed by atoms with Gasteiger partial charge in [0.25, 0.3) is 0 Å². The third kappa shape index (κ3) is 4.11. The number of esters is 1. The van der Waals surface area contributed by atoms with Crippen molar-refractivity contribution in [2.75, 3.05) is 0 Å². The minimum atomic E-state index is -0.224. The molecule has 0 aromatic heterocycles. The first-order valence-corrected chi connectivity index (χ1v) is 8.09. The quantitative estimate of drug-likeness (QED) is 0.482. The average molecular weight is 316 g/mol. The molecule has 3 aromatic carbocycles. The van der Waals surface area contributed by atoms with Crippen LogP contribution >= 0.6 is 0 Å². The molecule has 120 valence electrons. The van der Waals surface area contributed by atoms with Crippen LogP contribution in [0.5, 0.6) is 5.75 Å². The number of rotatable bonds is 5. The van der Waals surface area contributed by atoms with Gasteiger partial charge in [-0.25, -0.2) is 0 Å². The van der Waals surface area contributed by atoms with Crippen molar-refractivity contribution in [3.63, 3.8) is 0 Å². The lowest BCUT2D eigenvalue weighted by atomic mass is 9.88. The third-order valence-corrected chi connectivity index (χ3v) is 4.00. The molecule has 3 aromatic rings. The van der Waals surface area contributed by atoms with Crippen LogP contribution in [0.2, 0.25) is 0 Å². The van der Waals surface area contributed by atoms with Crippen molar-refractivity contribution in [3.8, 4) is 5.75 Å². The normalized spacial score (nSPS) is 10.6. The van der Waals surface area contributed by atoms with Crippen LogP contribution in [-0.2, 0) is 4.79 Å². The lowest BCUT2D eigenvalue weighted by Crippen LogP contribution is -2.14. The number of aryl methyl sites for hydroxylation is 1. The molecule has 2 nitrogen and oxygen atoms in total. The summed E-state index contributed by atoms with van der Waals surface area (Å²) in [5, 5.41) is 0. The Bertz CT molecular complexity index is 755. The molecule has 0 amide bonds. The Hall–Kier alpha value is -2.87. The van der Waals surface area contributed by atoms with E-state index >= 15 is 0 Å². The van der Waals surface area contributed by atoms with Gasteiger partial charge in [-0.2, -0.15) is 0 Å². The van der Waals surface area contributed by atoms with Gasteiger partial charge in [-0.3, -0.25) is 4.79 Å². The molecule has 0 bridgehead atoms. The molecular formula is C22H20O2. The second-order valence-electron chi connectivity index (χ2n) is 5.87. The van der Waals surface area contributed by atoms with E-state index in [9.17, 15) is 4.79 Å². The molecular weight excluding hydrogens is 296 g/mol. The van der Waals surface area contributed by atoms with E-state index in [0.29, 0.717) is 12.2 Å².